The zero-order chi connectivity index (χ0) is 24.4. The molecular weight excluding hydrogens is 436 g/mol. The van der Waals surface area contributed by atoms with E-state index in [1.165, 1.54) is 11.1 Å². The summed E-state index contributed by atoms with van der Waals surface area (Å²) < 4.78 is 12.3. The second-order valence-corrected chi connectivity index (χ2v) is 8.98. The van der Waals surface area contributed by atoms with E-state index >= 15 is 0 Å². The largest absolute Gasteiger partial charge is 0.491 e. The first-order chi connectivity index (χ1) is 17.1. The Morgan fingerprint density at radius 3 is 1.43 bits per heavy atom. The van der Waals surface area contributed by atoms with Gasteiger partial charge in [0.15, 0.2) is 0 Å². The first-order valence-corrected chi connectivity index (χ1v) is 12.0. The molecule has 0 unspecified atom stereocenters. The molecule has 4 nitrogen and oxygen atoms in total. The summed E-state index contributed by atoms with van der Waals surface area (Å²) in [6, 6.07) is 29.5. The van der Waals surface area contributed by atoms with Crippen LogP contribution in [0.1, 0.15) is 33.4 Å². The summed E-state index contributed by atoms with van der Waals surface area (Å²) in [7, 11) is 0. The van der Waals surface area contributed by atoms with E-state index in [-0.39, 0.29) is 26.4 Å². The van der Waals surface area contributed by atoms with Crippen LogP contribution in [0.15, 0.2) is 84.9 Å². The van der Waals surface area contributed by atoms with Crippen molar-refractivity contribution >= 4 is 0 Å². The van der Waals surface area contributed by atoms with Gasteiger partial charge in [0.25, 0.3) is 0 Å². The third-order valence-electron chi connectivity index (χ3n) is 6.73. The van der Waals surface area contributed by atoms with Crippen molar-refractivity contribution in [1.29, 1.82) is 0 Å². The van der Waals surface area contributed by atoms with E-state index in [1.54, 1.807) is 0 Å². The van der Waals surface area contributed by atoms with Crippen molar-refractivity contribution in [3.63, 3.8) is 0 Å². The fraction of sp³-hybridized carbons (Fsp3) is 0.226. The molecule has 0 saturated carbocycles. The second-order valence-electron chi connectivity index (χ2n) is 8.98. The van der Waals surface area contributed by atoms with Gasteiger partial charge in [-0.15, -0.1) is 0 Å². The lowest BCUT2D eigenvalue weighted by molar-refractivity contribution is 0.197. The van der Waals surface area contributed by atoms with Crippen LogP contribution in [0.4, 0.5) is 0 Å². The summed E-state index contributed by atoms with van der Waals surface area (Å²) in [4.78, 5) is 0. The SMILES string of the molecule is Cc1ccc(OCCO)c(C2(c3cc(C)ccc3OCCO)c3ccccc3-c3ccccc32)c1. The highest BCUT2D eigenvalue weighted by molar-refractivity contribution is 5.87. The lowest BCUT2D eigenvalue weighted by Gasteiger charge is -2.36. The van der Waals surface area contributed by atoms with Crippen molar-refractivity contribution < 1.29 is 19.7 Å². The summed E-state index contributed by atoms with van der Waals surface area (Å²) >= 11 is 0. The highest BCUT2D eigenvalue weighted by Crippen LogP contribution is 2.59. The van der Waals surface area contributed by atoms with Crippen LogP contribution in [0.25, 0.3) is 11.1 Å². The minimum atomic E-state index is -0.708. The van der Waals surface area contributed by atoms with Gasteiger partial charge in [0, 0.05) is 11.1 Å². The van der Waals surface area contributed by atoms with Crippen LogP contribution in [0.3, 0.4) is 0 Å². The molecule has 178 valence electrons. The average molecular weight is 467 g/mol. The Labute approximate surface area is 206 Å². The fourth-order valence-electron chi connectivity index (χ4n) is 5.40. The van der Waals surface area contributed by atoms with Crippen LogP contribution in [0.5, 0.6) is 11.5 Å². The van der Waals surface area contributed by atoms with E-state index in [4.69, 9.17) is 9.47 Å². The molecule has 0 atom stereocenters. The summed E-state index contributed by atoms with van der Waals surface area (Å²) in [5.41, 5.74) is 8.18. The number of hydrogen-bond donors (Lipinski definition) is 2. The van der Waals surface area contributed by atoms with Gasteiger partial charge in [0.05, 0.1) is 18.6 Å². The number of fused-ring (bicyclic) bond motifs is 3. The van der Waals surface area contributed by atoms with Gasteiger partial charge in [-0.1, -0.05) is 83.9 Å². The van der Waals surface area contributed by atoms with Crippen molar-refractivity contribution in [2.75, 3.05) is 26.4 Å². The summed E-state index contributed by atoms with van der Waals surface area (Å²) in [5.74, 6) is 1.46. The highest BCUT2D eigenvalue weighted by atomic mass is 16.5. The van der Waals surface area contributed by atoms with Gasteiger partial charge in [-0.2, -0.15) is 0 Å². The maximum atomic E-state index is 9.54. The number of aliphatic hydroxyl groups excluding tert-OH is 2. The number of aliphatic hydroxyl groups is 2. The van der Waals surface area contributed by atoms with Crippen molar-refractivity contribution in [1.82, 2.24) is 0 Å². The predicted octanol–water partition coefficient (Wildman–Crippen LogP) is 5.41. The van der Waals surface area contributed by atoms with Gasteiger partial charge >= 0.3 is 0 Å². The predicted molar refractivity (Wildman–Crippen MR) is 138 cm³/mol. The third kappa shape index (κ3) is 3.79. The van der Waals surface area contributed by atoms with Crippen molar-refractivity contribution in [2.24, 2.45) is 0 Å². The van der Waals surface area contributed by atoms with Crippen LogP contribution in [0.2, 0.25) is 0 Å². The Hall–Kier alpha value is -3.60. The van der Waals surface area contributed by atoms with Gasteiger partial charge in [0.1, 0.15) is 24.7 Å². The number of aryl methyl sites for hydroxylation is 2. The Morgan fingerprint density at radius 1 is 0.571 bits per heavy atom. The van der Waals surface area contributed by atoms with E-state index in [2.05, 4.69) is 74.5 Å². The number of rotatable bonds is 8. The molecule has 4 heteroatoms. The van der Waals surface area contributed by atoms with E-state index in [1.807, 2.05) is 24.3 Å². The molecule has 0 spiro atoms. The molecule has 4 aromatic carbocycles. The van der Waals surface area contributed by atoms with Gasteiger partial charge in [-0.25, -0.2) is 0 Å². The molecule has 0 radical (unpaired) electrons. The summed E-state index contributed by atoms with van der Waals surface area (Å²) in [5, 5.41) is 19.1. The second kappa shape index (κ2) is 9.57. The molecular formula is C31H30O4. The Bertz CT molecular complexity index is 1250. The molecule has 0 fully saturated rings. The maximum Gasteiger partial charge on any atom is 0.124 e. The third-order valence-corrected chi connectivity index (χ3v) is 6.73. The lowest BCUT2D eigenvalue weighted by atomic mass is 9.66. The molecule has 4 aromatic rings. The molecule has 1 aliphatic rings. The van der Waals surface area contributed by atoms with Crippen LogP contribution in [0, 0.1) is 13.8 Å². The molecule has 0 saturated heterocycles. The van der Waals surface area contributed by atoms with Gasteiger partial charge < -0.3 is 19.7 Å². The van der Waals surface area contributed by atoms with E-state index in [0.717, 1.165) is 44.9 Å². The van der Waals surface area contributed by atoms with Gasteiger partial charge in [-0.3, -0.25) is 0 Å². The van der Waals surface area contributed by atoms with Crippen LogP contribution in [-0.4, -0.2) is 36.6 Å². The smallest absolute Gasteiger partial charge is 0.124 e. The van der Waals surface area contributed by atoms with E-state index in [0.29, 0.717) is 0 Å². The van der Waals surface area contributed by atoms with Crippen molar-refractivity contribution in [2.45, 2.75) is 19.3 Å². The molecule has 0 heterocycles. The summed E-state index contributed by atoms with van der Waals surface area (Å²) in [6.07, 6.45) is 0. The first kappa shape index (κ1) is 23.2. The normalized spacial score (nSPS) is 13.3. The molecule has 0 bridgehead atoms. The lowest BCUT2D eigenvalue weighted by Crippen LogP contribution is -2.30. The molecule has 5 rings (SSSR count). The standard InChI is InChI=1S/C31H30O4/c1-21-11-13-29(34-17-15-32)27(19-21)31(28-20-22(2)12-14-30(28)35-18-16-33)25-9-5-3-7-23(25)24-8-4-6-10-26(24)31/h3-14,19-20,32-33H,15-18H2,1-2H3. The number of hydrogen-bond acceptors (Lipinski definition) is 4. The van der Waals surface area contributed by atoms with Gasteiger partial charge in [-0.05, 0) is 48.2 Å². The molecule has 0 aromatic heterocycles. The zero-order valence-corrected chi connectivity index (χ0v) is 20.1. The van der Waals surface area contributed by atoms with Crippen molar-refractivity contribution in [3.8, 4) is 22.6 Å². The van der Waals surface area contributed by atoms with Crippen LogP contribution >= 0.6 is 0 Å². The minimum absolute atomic E-state index is 0.0667. The molecule has 2 N–H and O–H groups in total. The topological polar surface area (TPSA) is 58.9 Å². The Morgan fingerprint density at radius 2 is 1.00 bits per heavy atom. The fourth-order valence-corrected chi connectivity index (χ4v) is 5.40. The zero-order valence-electron chi connectivity index (χ0n) is 20.1. The molecule has 35 heavy (non-hydrogen) atoms. The average Bonchev–Trinajstić information content (AvgIpc) is 3.18. The molecule has 0 amide bonds. The highest BCUT2D eigenvalue weighted by Gasteiger charge is 2.49. The summed E-state index contributed by atoms with van der Waals surface area (Å²) in [6.45, 7) is 4.44. The molecule has 1 aliphatic carbocycles. The van der Waals surface area contributed by atoms with E-state index in [9.17, 15) is 10.2 Å². The van der Waals surface area contributed by atoms with E-state index < -0.39 is 5.41 Å². The quantitative estimate of drug-likeness (QED) is 0.321. The Kier molecular flexibility index (Phi) is 6.33. The minimum Gasteiger partial charge on any atom is -0.491 e. The monoisotopic (exact) mass is 466 g/mol. The first-order valence-electron chi connectivity index (χ1n) is 12.0. The van der Waals surface area contributed by atoms with Crippen LogP contribution in [-0.2, 0) is 5.41 Å². The molecule has 0 aliphatic heterocycles. The number of benzene rings is 4. The van der Waals surface area contributed by atoms with Crippen LogP contribution < -0.4 is 9.47 Å². The maximum absolute atomic E-state index is 9.54. The Balaban J connectivity index is 1.95. The number of ether oxygens (including phenoxy) is 2. The van der Waals surface area contributed by atoms with Crippen molar-refractivity contribution in [3.05, 3.63) is 118 Å². The van der Waals surface area contributed by atoms with Gasteiger partial charge in [0.2, 0.25) is 0 Å².